The van der Waals surface area contributed by atoms with Gasteiger partial charge in [-0.05, 0) is 69.9 Å². The average molecular weight is 606 g/mol. The van der Waals surface area contributed by atoms with Crippen LogP contribution in [0.25, 0.3) is 16.6 Å². The highest BCUT2D eigenvalue weighted by Gasteiger charge is 2.30. The molecule has 0 unspecified atom stereocenters. The Labute approximate surface area is 262 Å². The molecule has 6 rings (SSSR count). The van der Waals surface area contributed by atoms with E-state index in [4.69, 9.17) is 25.6 Å². The van der Waals surface area contributed by atoms with Gasteiger partial charge >= 0.3 is 6.09 Å². The highest BCUT2D eigenvalue weighted by atomic mass is 16.6. The Bertz CT molecular complexity index is 1750. The largest absolute Gasteiger partial charge is 0.492 e. The number of amides is 1. The maximum Gasteiger partial charge on any atom is 0.410 e. The molecule has 4 aromatic rings. The number of aromatic nitrogens is 4. The summed E-state index contributed by atoms with van der Waals surface area (Å²) in [5, 5.41) is 14.2. The van der Waals surface area contributed by atoms with Crippen LogP contribution in [0.15, 0.2) is 55.1 Å². The van der Waals surface area contributed by atoms with Crippen LogP contribution in [0.4, 0.5) is 10.6 Å². The van der Waals surface area contributed by atoms with E-state index in [1.165, 1.54) is 0 Å². The summed E-state index contributed by atoms with van der Waals surface area (Å²) in [6.45, 7) is 8.81. The first-order chi connectivity index (χ1) is 21.7. The highest BCUT2D eigenvalue weighted by Crippen LogP contribution is 2.33. The van der Waals surface area contributed by atoms with E-state index in [2.05, 4.69) is 27.0 Å². The number of ether oxygens (including phenoxy) is 3. The Morgan fingerprint density at radius 2 is 1.87 bits per heavy atom. The molecule has 2 aliphatic rings. The molecule has 6 heterocycles. The van der Waals surface area contributed by atoms with E-state index in [1.807, 2.05) is 51.2 Å². The van der Waals surface area contributed by atoms with E-state index in [9.17, 15) is 10.1 Å². The summed E-state index contributed by atoms with van der Waals surface area (Å²) in [5.74, 6) is 4.99. The monoisotopic (exact) mass is 605 g/mol. The molecular formula is C34H35N7O4. The normalized spacial score (nSPS) is 15.7. The minimum Gasteiger partial charge on any atom is -0.492 e. The molecule has 0 aromatic carbocycles. The molecule has 0 saturated carbocycles. The van der Waals surface area contributed by atoms with Gasteiger partial charge in [0.25, 0.3) is 0 Å². The fourth-order valence-electron chi connectivity index (χ4n) is 5.46. The molecular weight excluding hydrogens is 570 g/mol. The topological polar surface area (TPSA) is 118 Å². The number of pyridine rings is 3. The van der Waals surface area contributed by atoms with Gasteiger partial charge in [0.1, 0.15) is 40.8 Å². The molecule has 0 radical (unpaired) electrons. The van der Waals surface area contributed by atoms with E-state index in [0.29, 0.717) is 67.0 Å². The standard InChI is InChI=1S/C34H35N7O4/c1-5-26-7-8-27(18-36-26)44-29-19-40(20-29)31-9-6-24(16-37-31)30-14-28(21-41-32(30)25(15-35)17-38-41)43-22-23-10-12-39(13-11-23)33(42)45-34(2,3)4/h1,6-9,14,16-18,21,23,29H,10-13,19-20,22H2,2-4H3. The highest BCUT2D eigenvalue weighted by molar-refractivity contribution is 5.85. The maximum absolute atomic E-state index is 12.4. The van der Waals surface area contributed by atoms with E-state index >= 15 is 0 Å². The van der Waals surface area contributed by atoms with Crippen LogP contribution in [0.3, 0.4) is 0 Å². The van der Waals surface area contributed by atoms with Crippen LogP contribution in [0.5, 0.6) is 11.5 Å². The third-order valence-corrected chi connectivity index (χ3v) is 7.88. The predicted molar refractivity (Wildman–Crippen MR) is 168 cm³/mol. The Balaban J connectivity index is 1.10. The number of terminal acetylenes is 1. The third-order valence-electron chi connectivity index (χ3n) is 7.88. The van der Waals surface area contributed by atoms with Crippen LogP contribution >= 0.6 is 0 Å². The zero-order valence-corrected chi connectivity index (χ0v) is 25.6. The molecule has 0 atom stereocenters. The van der Waals surface area contributed by atoms with Crippen molar-refractivity contribution in [3.8, 4) is 41.0 Å². The van der Waals surface area contributed by atoms with Crippen LogP contribution in [0, 0.1) is 29.6 Å². The number of likely N-dealkylation sites (tertiary alicyclic amines) is 1. The number of piperidine rings is 1. The lowest BCUT2D eigenvalue weighted by atomic mass is 9.98. The maximum atomic E-state index is 12.4. The van der Waals surface area contributed by atoms with Crippen molar-refractivity contribution < 1.29 is 19.0 Å². The van der Waals surface area contributed by atoms with Gasteiger partial charge in [-0.3, -0.25) is 0 Å². The van der Waals surface area contributed by atoms with Gasteiger partial charge in [-0.25, -0.2) is 19.3 Å². The van der Waals surface area contributed by atoms with Crippen LogP contribution in [-0.4, -0.2) is 75.1 Å². The molecule has 1 amide bonds. The van der Waals surface area contributed by atoms with E-state index in [-0.39, 0.29) is 12.2 Å². The first kappa shape index (κ1) is 29.8. The minimum absolute atomic E-state index is 0.0351. The van der Waals surface area contributed by atoms with Crippen LogP contribution < -0.4 is 14.4 Å². The van der Waals surface area contributed by atoms with Crippen molar-refractivity contribution in [1.29, 1.82) is 5.26 Å². The second-order valence-corrected chi connectivity index (χ2v) is 12.3. The van der Waals surface area contributed by atoms with Gasteiger partial charge in [0.05, 0.1) is 49.4 Å². The van der Waals surface area contributed by atoms with Crippen LogP contribution in [0.2, 0.25) is 0 Å². The number of fused-ring (bicyclic) bond motifs is 1. The Morgan fingerprint density at radius 1 is 1.07 bits per heavy atom. The molecule has 4 aromatic heterocycles. The molecule has 0 bridgehead atoms. The lowest BCUT2D eigenvalue weighted by Gasteiger charge is -2.39. The van der Waals surface area contributed by atoms with E-state index < -0.39 is 5.60 Å². The average Bonchev–Trinajstić information content (AvgIpc) is 3.44. The van der Waals surface area contributed by atoms with Gasteiger partial charge in [0, 0.05) is 30.4 Å². The van der Waals surface area contributed by atoms with Crippen LogP contribution in [-0.2, 0) is 4.74 Å². The van der Waals surface area contributed by atoms with Crippen molar-refractivity contribution in [3.63, 3.8) is 0 Å². The van der Waals surface area contributed by atoms with Crippen molar-refractivity contribution in [2.24, 2.45) is 5.92 Å². The summed E-state index contributed by atoms with van der Waals surface area (Å²) in [6, 6.07) is 11.8. The van der Waals surface area contributed by atoms with Gasteiger partial charge < -0.3 is 24.0 Å². The van der Waals surface area contributed by atoms with Gasteiger partial charge in [-0.2, -0.15) is 10.4 Å². The predicted octanol–water partition coefficient (Wildman–Crippen LogP) is 4.94. The number of rotatable bonds is 7. The Hall–Kier alpha value is -5.29. The first-order valence-corrected chi connectivity index (χ1v) is 15.0. The molecule has 0 aliphatic carbocycles. The fourth-order valence-corrected chi connectivity index (χ4v) is 5.46. The zero-order valence-electron chi connectivity index (χ0n) is 25.6. The second-order valence-electron chi connectivity index (χ2n) is 12.3. The zero-order chi connectivity index (χ0) is 31.6. The summed E-state index contributed by atoms with van der Waals surface area (Å²) < 4.78 is 19.5. The van der Waals surface area contributed by atoms with Crippen LogP contribution in [0.1, 0.15) is 44.9 Å². The molecule has 11 heteroatoms. The smallest absolute Gasteiger partial charge is 0.410 e. The van der Waals surface area contributed by atoms with Crippen molar-refractivity contribution in [2.75, 3.05) is 37.7 Å². The third kappa shape index (κ3) is 6.78. The number of nitriles is 1. The number of carbonyl (C=O) groups excluding carboxylic acids is 1. The van der Waals surface area contributed by atoms with Gasteiger partial charge in [0.15, 0.2) is 0 Å². The van der Waals surface area contributed by atoms with E-state index in [0.717, 1.165) is 29.8 Å². The van der Waals surface area contributed by atoms with Crippen molar-refractivity contribution in [2.45, 2.75) is 45.3 Å². The summed E-state index contributed by atoms with van der Waals surface area (Å²) >= 11 is 0. The number of hydrogen-bond donors (Lipinski definition) is 0. The molecule has 45 heavy (non-hydrogen) atoms. The molecule has 2 saturated heterocycles. The van der Waals surface area contributed by atoms with Gasteiger partial charge in [-0.1, -0.05) is 5.92 Å². The molecule has 0 N–H and O–H groups in total. The Morgan fingerprint density at radius 3 is 2.51 bits per heavy atom. The second kappa shape index (κ2) is 12.4. The summed E-state index contributed by atoms with van der Waals surface area (Å²) in [5.41, 5.74) is 2.90. The number of nitrogens with zero attached hydrogens (tertiary/aromatic N) is 7. The van der Waals surface area contributed by atoms with Gasteiger partial charge in [0.2, 0.25) is 0 Å². The molecule has 2 fully saturated rings. The molecule has 2 aliphatic heterocycles. The van der Waals surface area contributed by atoms with Crippen molar-refractivity contribution >= 4 is 17.4 Å². The van der Waals surface area contributed by atoms with Gasteiger partial charge in [-0.15, -0.1) is 6.42 Å². The number of hydrogen-bond acceptors (Lipinski definition) is 9. The number of anilines is 1. The summed E-state index contributed by atoms with van der Waals surface area (Å²) in [7, 11) is 0. The van der Waals surface area contributed by atoms with E-state index in [1.54, 1.807) is 34.1 Å². The lowest BCUT2D eigenvalue weighted by Crippen LogP contribution is -2.54. The summed E-state index contributed by atoms with van der Waals surface area (Å²) in [6.07, 6.45) is 13.6. The fraction of sp³-hybridized carbons (Fsp3) is 0.382. The minimum atomic E-state index is -0.511. The first-order valence-electron chi connectivity index (χ1n) is 15.0. The Kier molecular flexibility index (Phi) is 8.18. The molecule has 0 spiro atoms. The quantitative estimate of drug-likeness (QED) is 0.270. The SMILES string of the molecule is C#Cc1ccc(OC2CN(c3ccc(-c4cc(OCC5CCN(C(=O)OC(C)(C)C)CC5)cn5ncc(C#N)c45)cn3)C2)cn1. The number of carbonyl (C=O) groups is 1. The lowest BCUT2D eigenvalue weighted by molar-refractivity contribution is 0.0165. The molecule has 230 valence electrons. The molecule has 11 nitrogen and oxygen atoms in total. The summed E-state index contributed by atoms with van der Waals surface area (Å²) in [4.78, 5) is 25.2. The van der Waals surface area contributed by atoms with Crippen molar-refractivity contribution in [1.82, 2.24) is 24.5 Å². The van der Waals surface area contributed by atoms with Crippen molar-refractivity contribution in [3.05, 3.63) is 66.4 Å².